The summed E-state index contributed by atoms with van der Waals surface area (Å²) in [6, 6.07) is 10.1. The molecule has 4 rings (SSSR count). The second kappa shape index (κ2) is 11.0. The molecule has 4 atom stereocenters. The average molecular weight is 483 g/mol. The van der Waals surface area contributed by atoms with Crippen molar-refractivity contribution in [3.8, 4) is 0 Å². The smallest absolute Gasteiger partial charge is 0.264 e. The monoisotopic (exact) mass is 482 g/mol. The number of aliphatic hydroxyl groups is 1. The molecule has 2 aromatic rings. The molecule has 0 radical (unpaired) electrons. The van der Waals surface area contributed by atoms with Crippen LogP contribution in [0.1, 0.15) is 62.9 Å². The first kappa shape index (κ1) is 25.5. The zero-order valence-corrected chi connectivity index (χ0v) is 21.0. The molecule has 1 aromatic heterocycles. The molecule has 0 aliphatic carbocycles. The van der Waals surface area contributed by atoms with Gasteiger partial charge in [0.2, 0.25) is 0 Å². The van der Waals surface area contributed by atoms with Crippen molar-refractivity contribution in [3.05, 3.63) is 46.2 Å². The number of amides is 1. The number of rotatable bonds is 10. The number of hydrogen-bond donors (Lipinski definition) is 3. The van der Waals surface area contributed by atoms with Crippen LogP contribution >= 0.6 is 0 Å². The number of carbonyl (C=O) groups excluding carboxylic acids is 2. The van der Waals surface area contributed by atoms with Crippen molar-refractivity contribution in [3.63, 3.8) is 0 Å². The van der Waals surface area contributed by atoms with Crippen LogP contribution in [0.4, 0.5) is 0 Å². The Hall–Kier alpha value is -2.55. The van der Waals surface area contributed by atoms with Crippen LogP contribution in [0.25, 0.3) is 10.9 Å². The van der Waals surface area contributed by atoms with Gasteiger partial charge in [0.1, 0.15) is 11.3 Å². The SMILES string of the molecule is CC(=O)CNC[C@@H](O)CN1[C@@H]2CC[C@H]1CC(CNC(=O)c1cc3ccccc3n(C(C)C)c1=O)C2. The summed E-state index contributed by atoms with van der Waals surface area (Å²) in [7, 11) is 0. The third-order valence-corrected chi connectivity index (χ3v) is 7.42. The van der Waals surface area contributed by atoms with Crippen LogP contribution in [0.15, 0.2) is 35.1 Å². The zero-order chi connectivity index (χ0) is 25.1. The number of nitrogens with one attached hydrogen (secondary N) is 2. The topological polar surface area (TPSA) is 104 Å². The summed E-state index contributed by atoms with van der Waals surface area (Å²) in [4.78, 5) is 39.7. The number of piperidine rings is 1. The molecule has 1 aromatic carbocycles. The van der Waals surface area contributed by atoms with Crippen LogP contribution in [0.5, 0.6) is 0 Å². The quantitative estimate of drug-likeness (QED) is 0.479. The Morgan fingerprint density at radius 2 is 1.83 bits per heavy atom. The minimum Gasteiger partial charge on any atom is -0.390 e. The van der Waals surface area contributed by atoms with E-state index in [0.29, 0.717) is 37.6 Å². The highest BCUT2D eigenvalue weighted by Gasteiger charge is 2.41. The summed E-state index contributed by atoms with van der Waals surface area (Å²) in [5.41, 5.74) is 0.782. The second-order valence-corrected chi connectivity index (χ2v) is 10.5. The van der Waals surface area contributed by atoms with E-state index in [4.69, 9.17) is 0 Å². The summed E-state index contributed by atoms with van der Waals surface area (Å²) in [6.45, 7) is 7.29. The molecule has 35 heavy (non-hydrogen) atoms. The van der Waals surface area contributed by atoms with Crippen LogP contribution in [0.2, 0.25) is 0 Å². The third-order valence-electron chi connectivity index (χ3n) is 7.42. The summed E-state index contributed by atoms with van der Waals surface area (Å²) in [5, 5.41) is 17.3. The van der Waals surface area contributed by atoms with Gasteiger partial charge < -0.3 is 20.3 Å². The van der Waals surface area contributed by atoms with Crippen LogP contribution in [0, 0.1) is 5.92 Å². The number of fused-ring (bicyclic) bond motifs is 3. The highest BCUT2D eigenvalue weighted by molar-refractivity contribution is 5.97. The molecule has 0 saturated carbocycles. The zero-order valence-electron chi connectivity index (χ0n) is 21.0. The number of ketones is 1. The molecule has 3 heterocycles. The minimum absolute atomic E-state index is 0.0480. The fourth-order valence-corrected chi connectivity index (χ4v) is 5.87. The minimum atomic E-state index is -0.510. The Morgan fingerprint density at radius 3 is 2.49 bits per heavy atom. The highest BCUT2D eigenvalue weighted by Crippen LogP contribution is 2.38. The molecule has 1 unspecified atom stereocenters. The van der Waals surface area contributed by atoms with Gasteiger partial charge in [-0.15, -0.1) is 0 Å². The molecule has 8 nitrogen and oxygen atoms in total. The molecule has 2 bridgehead atoms. The van der Waals surface area contributed by atoms with Gasteiger partial charge in [0, 0.05) is 37.8 Å². The van der Waals surface area contributed by atoms with Gasteiger partial charge in [0.25, 0.3) is 11.5 Å². The number of benzene rings is 1. The lowest BCUT2D eigenvalue weighted by Gasteiger charge is -2.40. The molecule has 1 amide bonds. The number of carbonyl (C=O) groups is 2. The van der Waals surface area contributed by atoms with Crippen LogP contribution in [-0.2, 0) is 4.79 Å². The number of Topliss-reactive ketones (excluding diaryl/α,β-unsaturated/α-hetero) is 1. The number of aliphatic hydroxyl groups excluding tert-OH is 1. The summed E-state index contributed by atoms with van der Waals surface area (Å²) < 4.78 is 1.69. The largest absolute Gasteiger partial charge is 0.390 e. The van der Waals surface area contributed by atoms with Gasteiger partial charge in [-0.3, -0.25) is 19.3 Å². The van der Waals surface area contributed by atoms with E-state index in [1.54, 1.807) is 10.6 Å². The van der Waals surface area contributed by atoms with Crippen LogP contribution < -0.4 is 16.2 Å². The van der Waals surface area contributed by atoms with Gasteiger partial charge in [-0.25, -0.2) is 0 Å². The van der Waals surface area contributed by atoms with Crippen LogP contribution in [0.3, 0.4) is 0 Å². The van der Waals surface area contributed by atoms with E-state index in [1.165, 1.54) is 6.92 Å². The van der Waals surface area contributed by atoms with Crippen LogP contribution in [-0.4, -0.2) is 70.6 Å². The van der Waals surface area contributed by atoms with Crippen molar-refractivity contribution in [2.75, 3.05) is 26.2 Å². The summed E-state index contributed by atoms with van der Waals surface area (Å²) >= 11 is 0. The van der Waals surface area contributed by atoms with E-state index in [0.717, 1.165) is 36.6 Å². The van der Waals surface area contributed by atoms with Gasteiger partial charge >= 0.3 is 0 Å². The third kappa shape index (κ3) is 5.82. The number of hydrogen-bond acceptors (Lipinski definition) is 6. The lowest BCUT2D eigenvalue weighted by atomic mass is 9.90. The van der Waals surface area contributed by atoms with Crippen molar-refractivity contribution in [2.24, 2.45) is 5.92 Å². The predicted molar refractivity (Wildman–Crippen MR) is 137 cm³/mol. The lowest BCUT2D eigenvalue weighted by Crippen LogP contribution is -2.50. The van der Waals surface area contributed by atoms with Gasteiger partial charge in [-0.05, 0) is 69.9 Å². The van der Waals surface area contributed by atoms with E-state index in [2.05, 4.69) is 15.5 Å². The van der Waals surface area contributed by atoms with E-state index >= 15 is 0 Å². The molecule has 190 valence electrons. The average Bonchev–Trinajstić information content (AvgIpc) is 3.03. The maximum atomic E-state index is 13.1. The van der Waals surface area contributed by atoms with Gasteiger partial charge in [0.05, 0.1) is 18.2 Å². The predicted octanol–water partition coefficient (Wildman–Crippen LogP) is 2.09. The van der Waals surface area contributed by atoms with Crippen molar-refractivity contribution in [1.82, 2.24) is 20.1 Å². The van der Waals surface area contributed by atoms with Crippen molar-refractivity contribution in [2.45, 2.75) is 70.7 Å². The number of pyridine rings is 1. The molecular weight excluding hydrogens is 444 g/mol. The molecule has 2 saturated heterocycles. The first-order valence-electron chi connectivity index (χ1n) is 12.8. The first-order valence-corrected chi connectivity index (χ1v) is 12.8. The molecule has 2 aliphatic rings. The summed E-state index contributed by atoms with van der Waals surface area (Å²) in [6.07, 6.45) is 3.64. The van der Waals surface area contributed by atoms with E-state index in [-0.39, 0.29) is 35.4 Å². The Bertz CT molecular complexity index is 1110. The Kier molecular flexibility index (Phi) is 8.04. The number of aromatic nitrogens is 1. The normalized spacial score (nSPS) is 23.1. The van der Waals surface area contributed by atoms with Crippen molar-refractivity contribution < 1.29 is 14.7 Å². The number of nitrogens with zero attached hydrogens (tertiary/aromatic N) is 2. The molecule has 2 fully saturated rings. The molecular formula is C27H38N4O4. The first-order chi connectivity index (χ1) is 16.7. The number of para-hydroxylation sites is 1. The summed E-state index contributed by atoms with van der Waals surface area (Å²) in [5.74, 6) is 0.109. The van der Waals surface area contributed by atoms with E-state index in [1.807, 2.05) is 38.1 Å². The van der Waals surface area contributed by atoms with Gasteiger partial charge in [-0.2, -0.15) is 0 Å². The maximum absolute atomic E-state index is 13.1. The van der Waals surface area contributed by atoms with Crippen molar-refractivity contribution in [1.29, 1.82) is 0 Å². The Balaban J connectivity index is 1.36. The fraction of sp³-hybridized carbons (Fsp3) is 0.593. The Morgan fingerprint density at radius 1 is 1.14 bits per heavy atom. The fourth-order valence-electron chi connectivity index (χ4n) is 5.87. The molecule has 8 heteroatoms. The van der Waals surface area contributed by atoms with Gasteiger partial charge in [-0.1, -0.05) is 18.2 Å². The standard InChI is InChI=1S/C27H38N4O4/c1-17(2)31-25-7-5-4-6-20(25)12-24(27(31)35)26(34)29-14-19-10-21-8-9-22(11-19)30(21)16-23(33)15-28-13-18(3)32/h4-7,12,17,19,21-23,28,33H,8-11,13-16H2,1-3H3,(H,29,34)/t19?,21-,22+,23-/m1/s1. The molecule has 3 N–H and O–H groups in total. The van der Waals surface area contributed by atoms with E-state index < -0.39 is 6.10 Å². The second-order valence-electron chi connectivity index (χ2n) is 10.5. The molecule has 0 spiro atoms. The van der Waals surface area contributed by atoms with E-state index in [9.17, 15) is 19.5 Å². The highest BCUT2D eigenvalue weighted by atomic mass is 16.3. The Labute approximate surface area is 206 Å². The lowest BCUT2D eigenvalue weighted by molar-refractivity contribution is -0.116. The van der Waals surface area contributed by atoms with Gasteiger partial charge in [0.15, 0.2) is 0 Å². The molecule has 2 aliphatic heterocycles. The van der Waals surface area contributed by atoms with Crippen molar-refractivity contribution >= 4 is 22.6 Å². The maximum Gasteiger partial charge on any atom is 0.264 e.